The Morgan fingerprint density at radius 3 is 2.67 bits per heavy atom. The van der Waals surface area contributed by atoms with Crippen molar-refractivity contribution in [2.24, 2.45) is 5.92 Å². The fourth-order valence-corrected chi connectivity index (χ4v) is 2.23. The van der Waals surface area contributed by atoms with Gasteiger partial charge in [-0.25, -0.2) is 4.39 Å². The molecule has 1 N–H and O–H groups in total. The minimum absolute atomic E-state index is 0.144. The summed E-state index contributed by atoms with van der Waals surface area (Å²) in [5, 5.41) is 9.00. The number of carboxylic acid groups (broad SMARTS) is 1. The summed E-state index contributed by atoms with van der Waals surface area (Å²) in [6.07, 6.45) is 0.421. The van der Waals surface area contributed by atoms with E-state index in [0.29, 0.717) is 13.0 Å². The minimum atomic E-state index is -0.914. The molecule has 1 aliphatic heterocycles. The lowest BCUT2D eigenvalue weighted by Crippen LogP contribution is -2.30. The van der Waals surface area contributed by atoms with Crippen molar-refractivity contribution in [1.82, 2.24) is 4.90 Å². The van der Waals surface area contributed by atoms with Gasteiger partial charge >= 0.3 is 5.97 Å². The van der Waals surface area contributed by atoms with E-state index in [2.05, 4.69) is 0 Å². The molecule has 1 aliphatic rings. The molecule has 1 aromatic carbocycles. The molecule has 0 aliphatic carbocycles. The second kappa shape index (κ2) is 4.94. The molecule has 0 saturated carbocycles. The van der Waals surface area contributed by atoms with Crippen LogP contribution in [-0.2, 0) is 4.79 Å². The number of halogens is 2. The molecule has 1 unspecified atom stereocenters. The van der Waals surface area contributed by atoms with E-state index in [0.717, 1.165) is 12.1 Å². The highest BCUT2D eigenvalue weighted by molar-refractivity contribution is 6.31. The summed E-state index contributed by atoms with van der Waals surface area (Å²) in [6, 6.07) is 3.59. The largest absolute Gasteiger partial charge is 0.481 e. The van der Waals surface area contributed by atoms with Gasteiger partial charge in [-0.05, 0) is 24.6 Å². The third kappa shape index (κ3) is 2.61. The van der Waals surface area contributed by atoms with Crippen LogP contribution in [0, 0.1) is 11.7 Å². The molecule has 4 nitrogen and oxygen atoms in total. The van der Waals surface area contributed by atoms with Crippen molar-refractivity contribution in [2.45, 2.75) is 6.42 Å². The van der Waals surface area contributed by atoms with Gasteiger partial charge in [-0.2, -0.15) is 0 Å². The number of amides is 1. The van der Waals surface area contributed by atoms with Gasteiger partial charge in [0.15, 0.2) is 0 Å². The number of hydrogen-bond donors (Lipinski definition) is 1. The summed E-state index contributed by atoms with van der Waals surface area (Å²) in [4.78, 5) is 24.2. The molecule has 1 saturated heterocycles. The first-order chi connectivity index (χ1) is 8.47. The van der Waals surface area contributed by atoms with Crippen LogP contribution >= 0.6 is 11.6 Å². The second-order valence-electron chi connectivity index (χ2n) is 4.23. The molecule has 1 fully saturated rings. The number of carbonyl (C=O) groups excluding carboxylic acids is 1. The molecular formula is C12H11ClFNO3. The van der Waals surface area contributed by atoms with E-state index in [-0.39, 0.29) is 23.0 Å². The number of carbonyl (C=O) groups is 2. The zero-order valence-corrected chi connectivity index (χ0v) is 10.2. The van der Waals surface area contributed by atoms with Crippen LogP contribution in [0.3, 0.4) is 0 Å². The van der Waals surface area contributed by atoms with E-state index in [1.54, 1.807) is 0 Å². The average Bonchev–Trinajstić information content (AvgIpc) is 2.75. The Kier molecular flexibility index (Phi) is 3.52. The van der Waals surface area contributed by atoms with E-state index in [9.17, 15) is 14.0 Å². The number of likely N-dealkylation sites (tertiary alicyclic amines) is 1. The van der Waals surface area contributed by atoms with Gasteiger partial charge in [0.2, 0.25) is 0 Å². The maximum atomic E-state index is 13.1. The van der Waals surface area contributed by atoms with Crippen molar-refractivity contribution in [1.29, 1.82) is 0 Å². The maximum Gasteiger partial charge on any atom is 0.308 e. The van der Waals surface area contributed by atoms with E-state index in [1.807, 2.05) is 0 Å². The molecule has 1 aromatic rings. The zero-order valence-electron chi connectivity index (χ0n) is 9.40. The minimum Gasteiger partial charge on any atom is -0.481 e. The molecule has 0 bridgehead atoms. The van der Waals surface area contributed by atoms with Crippen molar-refractivity contribution < 1.29 is 19.1 Å². The lowest BCUT2D eigenvalue weighted by atomic mass is 10.1. The van der Waals surface area contributed by atoms with Gasteiger partial charge in [-0.1, -0.05) is 11.6 Å². The first-order valence-corrected chi connectivity index (χ1v) is 5.83. The molecule has 1 atom stereocenters. The summed E-state index contributed by atoms with van der Waals surface area (Å²) >= 11 is 5.68. The lowest BCUT2D eigenvalue weighted by molar-refractivity contribution is -0.141. The standard InChI is InChI=1S/C12H11ClFNO3/c13-9-3-8(4-10(14)5-9)11(16)15-2-1-7(6-15)12(17)18/h3-5,7H,1-2,6H2,(H,17,18). The summed E-state index contributed by atoms with van der Waals surface area (Å²) in [7, 11) is 0. The van der Waals surface area contributed by atoms with Gasteiger partial charge in [0, 0.05) is 23.7 Å². The number of hydrogen-bond acceptors (Lipinski definition) is 2. The number of rotatable bonds is 2. The fraction of sp³-hybridized carbons (Fsp3) is 0.333. The fourth-order valence-electron chi connectivity index (χ4n) is 2.01. The Labute approximate surface area is 108 Å². The highest BCUT2D eigenvalue weighted by Gasteiger charge is 2.31. The summed E-state index contributed by atoms with van der Waals surface area (Å²) in [5.74, 6) is -2.43. The highest BCUT2D eigenvalue weighted by Crippen LogP contribution is 2.21. The Bertz CT molecular complexity index is 486. The molecule has 0 radical (unpaired) electrons. The first-order valence-electron chi connectivity index (χ1n) is 5.45. The van der Waals surface area contributed by atoms with Crippen molar-refractivity contribution in [3.8, 4) is 0 Å². The van der Waals surface area contributed by atoms with Crippen LogP contribution in [0.4, 0.5) is 4.39 Å². The van der Waals surface area contributed by atoms with E-state index in [4.69, 9.17) is 16.7 Å². The quantitative estimate of drug-likeness (QED) is 0.895. The zero-order chi connectivity index (χ0) is 13.3. The van der Waals surface area contributed by atoms with E-state index < -0.39 is 17.7 Å². The lowest BCUT2D eigenvalue weighted by Gasteiger charge is -2.15. The Morgan fingerprint density at radius 2 is 2.11 bits per heavy atom. The molecule has 0 aromatic heterocycles. The normalized spacial score (nSPS) is 19.0. The van der Waals surface area contributed by atoms with Gasteiger partial charge < -0.3 is 10.0 Å². The third-order valence-corrected chi connectivity index (χ3v) is 3.15. The predicted octanol–water partition coefficient (Wildman–Crippen LogP) is 2.03. The molecule has 0 spiro atoms. The van der Waals surface area contributed by atoms with Gasteiger partial charge in [-0.3, -0.25) is 9.59 Å². The summed E-state index contributed by atoms with van der Waals surface area (Å²) in [5.41, 5.74) is 0.144. The molecule has 2 rings (SSSR count). The van der Waals surface area contributed by atoms with Gasteiger partial charge in [0.05, 0.1) is 5.92 Å². The van der Waals surface area contributed by atoms with Crippen LogP contribution in [-0.4, -0.2) is 35.0 Å². The Hall–Kier alpha value is -1.62. The van der Waals surface area contributed by atoms with Crippen molar-refractivity contribution >= 4 is 23.5 Å². The average molecular weight is 272 g/mol. The predicted molar refractivity (Wildman–Crippen MR) is 63.1 cm³/mol. The number of nitrogens with zero attached hydrogens (tertiary/aromatic N) is 1. The van der Waals surface area contributed by atoms with E-state index >= 15 is 0 Å². The summed E-state index contributed by atoms with van der Waals surface area (Å²) in [6.45, 7) is 0.520. The van der Waals surface area contributed by atoms with E-state index in [1.165, 1.54) is 11.0 Å². The van der Waals surface area contributed by atoms with Crippen molar-refractivity contribution in [2.75, 3.05) is 13.1 Å². The Morgan fingerprint density at radius 1 is 1.39 bits per heavy atom. The van der Waals surface area contributed by atoms with Crippen molar-refractivity contribution in [3.05, 3.63) is 34.6 Å². The maximum absolute atomic E-state index is 13.1. The molecule has 1 amide bonds. The van der Waals surface area contributed by atoms with Crippen LogP contribution in [0.5, 0.6) is 0 Å². The topological polar surface area (TPSA) is 57.6 Å². The summed E-state index contributed by atoms with van der Waals surface area (Å²) < 4.78 is 13.1. The smallest absolute Gasteiger partial charge is 0.308 e. The van der Waals surface area contributed by atoms with Crippen LogP contribution in [0.2, 0.25) is 5.02 Å². The van der Waals surface area contributed by atoms with Gasteiger partial charge in [-0.15, -0.1) is 0 Å². The monoisotopic (exact) mass is 271 g/mol. The molecule has 18 heavy (non-hydrogen) atoms. The first kappa shape index (κ1) is 12.8. The molecule has 6 heteroatoms. The SMILES string of the molecule is O=C(O)C1CCN(C(=O)c2cc(F)cc(Cl)c2)C1. The Balaban J connectivity index is 2.15. The third-order valence-electron chi connectivity index (χ3n) is 2.93. The molecule has 96 valence electrons. The molecule has 1 heterocycles. The van der Waals surface area contributed by atoms with Crippen LogP contribution in [0.25, 0.3) is 0 Å². The highest BCUT2D eigenvalue weighted by atomic mass is 35.5. The number of aliphatic carboxylic acids is 1. The van der Waals surface area contributed by atoms with Crippen LogP contribution < -0.4 is 0 Å². The van der Waals surface area contributed by atoms with Crippen LogP contribution in [0.15, 0.2) is 18.2 Å². The van der Waals surface area contributed by atoms with Gasteiger partial charge in [0.1, 0.15) is 5.82 Å². The molecular weight excluding hydrogens is 261 g/mol. The second-order valence-corrected chi connectivity index (χ2v) is 4.67. The van der Waals surface area contributed by atoms with Crippen LogP contribution in [0.1, 0.15) is 16.8 Å². The van der Waals surface area contributed by atoms with Crippen molar-refractivity contribution in [3.63, 3.8) is 0 Å². The van der Waals surface area contributed by atoms with Gasteiger partial charge in [0.25, 0.3) is 5.91 Å². The number of benzene rings is 1. The number of carboxylic acids is 1.